The van der Waals surface area contributed by atoms with Crippen molar-refractivity contribution in [3.8, 4) is 5.75 Å². The maximum Gasteiger partial charge on any atom is 0.124 e. The molecule has 4 nitrogen and oxygen atoms in total. The molecule has 4 heteroatoms. The SMILES string of the molecule is CCCNC1c2ccccc2OCC1OCC1CCCO1. The molecule has 0 aromatic heterocycles. The average molecular weight is 291 g/mol. The van der Waals surface area contributed by atoms with Gasteiger partial charge in [0.2, 0.25) is 0 Å². The minimum absolute atomic E-state index is 0.0515. The summed E-state index contributed by atoms with van der Waals surface area (Å²) in [5.41, 5.74) is 1.20. The first kappa shape index (κ1) is 14.8. The quantitative estimate of drug-likeness (QED) is 0.875. The van der Waals surface area contributed by atoms with Gasteiger partial charge in [0.15, 0.2) is 0 Å². The van der Waals surface area contributed by atoms with Crippen molar-refractivity contribution < 1.29 is 14.2 Å². The first-order valence-electron chi connectivity index (χ1n) is 8.06. The number of hydrogen-bond donors (Lipinski definition) is 1. The highest BCUT2D eigenvalue weighted by molar-refractivity contribution is 5.38. The fourth-order valence-corrected chi connectivity index (χ4v) is 3.03. The molecule has 1 N–H and O–H groups in total. The number of nitrogens with one attached hydrogen (secondary N) is 1. The summed E-state index contributed by atoms with van der Waals surface area (Å²) in [4.78, 5) is 0. The molecule has 1 fully saturated rings. The maximum absolute atomic E-state index is 6.12. The highest BCUT2D eigenvalue weighted by atomic mass is 16.6. The van der Waals surface area contributed by atoms with Crippen LogP contribution in [0.3, 0.4) is 0 Å². The lowest BCUT2D eigenvalue weighted by Gasteiger charge is -2.34. The average Bonchev–Trinajstić information content (AvgIpc) is 3.04. The van der Waals surface area contributed by atoms with Crippen LogP contribution in [0.25, 0.3) is 0 Å². The lowest BCUT2D eigenvalue weighted by Crippen LogP contribution is -2.42. The highest BCUT2D eigenvalue weighted by Gasteiger charge is 2.32. The number of rotatable bonds is 6. The van der Waals surface area contributed by atoms with Gasteiger partial charge in [0.25, 0.3) is 0 Å². The van der Waals surface area contributed by atoms with Gasteiger partial charge in [-0.1, -0.05) is 25.1 Å². The molecular weight excluding hydrogens is 266 g/mol. The fourth-order valence-electron chi connectivity index (χ4n) is 3.03. The van der Waals surface area contributed by atoms with Crippen molar-refractivity contribution in [2.75, 3.05) is 26.4 Å². The number of fused-ring (bicyclic) bond motifs is 1. The van der Waals surface area contributed by atoms with Crippen molar-refractivity contribution in [3.63, 3.8) is 0 Å². The number of para-hydroxylation sites is 1. The number of hydrogen-bond acceptors (Lipinski definition) is 4. The summed E-state index contributed by atoms with van der Waals surface area (Å²) in [5, 5.41) is 3.61. The van der Waals surface area contributed by atoms with E-state index in [0.29, 0.717) is 13.2 Å². The number of ether oxygens (including phenoxy) is 3. The van der Waals surface area contributed by atoms with Crippen molar-refractivity contribution in [2.45, 2.75) is 44.4 Å². The van der Waals surface area contributed by atoms with Gasteiger partial charge < -0.3 is 19.5 Å². The van der Waals surface area contributed by atoms with Gasteiger partial charge in [-0.25, -0.2) is 0 Å². The Kier molecular flexibility index (Phi) is 5.12. The minimum atomic E-state index is 0.0515. The van der Waals surface area contributed by atoms with Crippen LogP contribution >= 0.6 is 0 Å². The van der Waals surface area contributed by atoms with Gasteiger partial charge in [0, 0.05) is 12.2 Å². The third-order valence-electron chi connectivity index (χ3n) is 4.16. The second-order valence-corrected chi connectivity index (χ2v) is 5.79. The largest absolute Gasteiger partial charge is 0.490 e. The molecule has 2 heterocycles. The molecule has 1 saturated heterocycles. The smallest absolute Gasteiger partial charge is 0.124 e. The van der Waals surface area contributed by atoms with E-state index in [0.717, 1.165) is 38.2 Å². The Morgan fingerprint density at radius 2 is 2.24 bits per heavy atom. The Morgan fingerprint density at radius 1 is 1.33 bits per heavy atom. The van der Waals surface area contributed by atoms with E-state index in [2.05, 4.69) is 24.4 Å². The molecule has 3 atom stereocenters. The van der Waals surface area contributed by atoms with Crippen LogP contribution in [0, 0.1) is 0 Å². The van der Waals surface area contributed by atoms with Crippen LogP contribution in [0.2, 0.25) is 0 Å². The topological polar surface area (TPSA) is 39.7 Å². The van der Waals surface area contributed by atoms with Crippen LogP contribution in [-0.2, 0) is 9.47 Å². The summed E-state index contributed by atoms with van der Waals surface area (Å²) in [7, 11) is 0. The lowest BCUT2D eigenvalue weighted by molar-refractivity contribution is -0.0569. The van der Waals surface area contributed by atoms with Crippen LogP contribution in [0.4, 0.5) is 0 Å². The second kappa shape index (κ2) is 7.25. The van der Waals surface area contributed by atoms with E-state index < -0.39 is 0 Å². The Labute approximate surface area is 126 Å². The van der Waals surface area contributed by atoms with Crippen molar-refractivity contribution in [1.82, 2.24) is 5.32 Å². The van der Waals surface area contributed by atoms with Gasteiger partial charge in [-0.15, -0.1) is 0 Å². The van der Waals surface area contributed by atoms with Crippen LogP contribution in [-0.4, -0.2) is 38.6 Å². The molecule has 0 aliphatic carbocycles. The molecule has 116 valence electrons. The van der Waals surface area contributed by atoms with E-state index in [1.54, 1.807) is 0 Å². The molecule has 1 aromatic rings. The third-order valence-corrected chi connectivity index (χ3v) is 4.16. The molecule has 1 aromatic carbocycles. The van der Waals surface area contributed by atoms with Crippen molar-refractivity contribution in [1.29, 1.82) is 0 Å². The van der Waals surface area contributed by atoms with Crippen LogP contribution in [0.15, 0.2) is 24.3 Å². The Balaban J connectivity index is 1.66. The van der Waals surface area contributed by atoms with Gasteiger partial charge in [0.1, 0.15) is 18.5 Å². The van der Waals surface area contributed by atoms with Crippen LogP contribution in [0.1, 0.15) is 37.8 Å². The standard InChI is InChI=1S/C17H25NO3/c1-2-9-18-17-14-7-3-4-8-15(14)21-12-16(17)20-11-13-6-5-10-19-13/h3-4,7-8,13,16-18H,2,5-6,9-12H2,1H3. The third kappa shape index (κ3) is 3.57. The highest BCUT2D eigenvalue weighted by Crippen LogP contribution is 2.33. The molecule has 0 radical (unpaired) electrons. The zero-order valence-electron chi connectivity index (χ0n) is 12.7. The Bertz CT molecular complexity index is 445. The van der Waals surface area contributed by atoms with Gasteiger partial charge >= 0.3 is 0 Å². The van der Waals surface area contributed by atoms with E-state index >= 15 is 0 Å². The molecule has 0 saturated carbocycles. The van der Waals surface area contributed by atoms with E-state index in [1.807, 2.05) is 12.1 Å². The normalized spacial score (nSPS) is 28.1. The monoisotopic (exact) mass is 291 g/mol. The van der Waals surface area contributed by atoms with E-state index in [1.165, 1.54) is 5.56 Å². The minimum Gasteiger partial charge on any atom is -0.490 e. The van der Waals surface area contributed by atoms with Crippen LogP contribution in [0.5, 0.6) is 5.75 Å². The molecule has 0 amide bonds. The van der Waals surface area contributed by atoms with Gasteiger partial charge in [-0.3, -0.25) is 0 Å². The van der Waals surface area contributed by atoms with Gasteiger partial charge in [0.05, 0.1) is 18.8 Å². The molecule has 3 unspecified atom stereocenters. The van der Waals surface area contributed by atoms with Crippen LogP contribution < -0.4 is 10.1 Å². The Morgan fingerprint density at radius 3 is 3.05 bits per heavy atom. The predicted octanol–water partition coefficient (Wildman–Crippen LogP) is 2.68. The maximum atomic E-state index is 6.12. The van der Waals surface area contributed by atoms with Crippen molar-refractivity contribution in [2.24, 2.45) is 0 Å². The summed E-state index contributed by atoms with van der Waals surface area (Å²) in [5.74, 6) is 0.975. The summed E-state index contributed by atoms with van der Waals surface area (Å²) < 4.78 is 17.6. The van der Waals surface area contributed by atoms with Gasteiger partial charge in [-0.05, 0) is 31.9 Å². The molecule has 2 aliphatic rings. The molecule has 21 heavy (non-hydrogen) atoms. The summed E-state index contributed by atoms with van der Waals surface area (Å²) >= 11 is 0. The lowest BCUT2D eigenvalue weighted by atomic mass is 9.98. The fraction of sp³-hybridized carbons (Fsp3) is 0.647. The summed E-state index contributed by atoms with van der Waals surface area (Å²) in [6, 6.07) is 8.45. The predicted molar refractivity (Wildman–Crippen MR) is 81.7 cm³/mol. The molecule has 2 aliphatic heterocycles. The second-order valence-electron chi connectivity index (χ2n) is 5.79. The van der Waals surface area contributed by atoms with E-state index in [9.17, 15) is 0 Å². The van der Waals surface area contributed by atoms with E-state index in [-0.39, 0.29) is 18.2 Å². The molecular formula is C17H25NO3. The molecule has 0 spiro atoms. The first-order valence-corrected chi connectivity index (χ1v) is 8.06. The molecule has 0 bridgehead atoms. The summed E-state index contributed by atoms with van der Waals surface area (Å²) in [6.07, 6.45) is 3.68. The Hall–Kier alpha value is -1.10. The molecule has 3 rings (SSSR count). The first-order chi connectivity index (χ1) is 10.4. The zero-order valence-corrected chi connectivity index (χ0v) is 12.7. The van der Waals surface area contributed by atoms with Crippen molar-refractivity contribution >= 4 is 0 Å². The summed E-state index contributed by atoms with van der Waals surface area (Å²) in [6.45, 7) is 5.31. The van der Waals surface area contributed by atoms with E-state index in [4.69, 9.17) is 14.2 Å². The zero-order chi connectivity index (χ0) is 14.5. The van der Waals surface area contributed by atoms with Crippen molar-refractivity contribution in [3.05, 3.63) is 29.8 Å². The van der Waals surface area contributed by atoms with Gasteiger partial charge in [-0.2, -0.15) is 0 Å². The number of benzene rings is 1.